The SMILES string of the molecule is CCC1CCN(CCOCC(C)C)CCN1. The molecule has 96 valence electrons. The maximum atomic E-state index is 5.63. The van der Waals surface area contributed by atoms with Crippen LogP contribution in [-0.4, -0.2) is 50.3 Å². The van der Waals surface area contributed by atoms with Gasteiger partial charge in [0.2, 0.25) is 0 Å². The zero-order chi connectivity index (χ0) is 11.8. The molecular formula is C13H28N2O. The van der Waals surface area contributed by atoms with E-state index in [4.69, 9.17) is 4.74 Å². The molecule has 1 aliphatic rings. The summed E-state index contributed by atoms with van der Waals surface area (Å²) in [7, 11) is 0. The van der Waals surface area contributed by atoms with Crippen molar-refractivity contribution < 1.29 is 4.74 Å². The summed E-state index contributed by atoms with van der Waals surface area (Å²) in [6, 6.07) is 0.724. The van der Waals surface area contributed by atoms with Crippen LogP contribution in [0.1, 0.15) is 33.6 Å². The summed E-state index contributed by atoms with van der Waals surface area (Å²) in [6.07, 6.45) is 2.53. The summed E-state index contributed by atoms with van der Waals surface area (Å²) >= 11 is 0. The van der Waals surface area contributed by atoms with E-state index in [9.17, 15) is 0 Å². The quantitative estimate of drug-likeness (QED) is 0.701. The second-order valence-corrected chi connectivity index (χ2v) is 5.16. The Labute approximate surface area is 101 Å². The van der Waals surface area contributed by atoms with Gasteiger partial charge in [-0.25, -0.2) is 0 Å². The van der Waals surface area contributed by atoms with Gasteiger partial charge in [-0.3, -0.25) is 4.90 Å². The molecule has 0 saturated carbocycles. The summed E-state index contributed by atoms with van der Waals surface area (Å²) in [5.41, 5.74) is 0. The Balaban J connectivity index is 2.08. The van der Waals surface area contributed by atoms with Crippen molar-refractivity contribution in [3.05, 3.63) is 0 Å². The van der Waals surface area contributed by atoms with Crippen LogP contribution in [-0.2, 0) is 4.74 Å². The lowest BCUT2D eigenvalue weighted by Gasteiger charge is -2.19. The number of rotatable bonds is 6. The van der Waals surface area contributed by atoms with Crippen LogP contribution in [0.2, 0.25) is 0 Å². The molecule has 0 radical (unpaired) electrons. The highest BCUT2D eigenvalue weighted by Gasteiger charge is 2.14. The van der Waals surface area contributed by atoms with Gasteiger partial charge in [0.25, 0.3) is 0 Å². The minimum Gasteiger partial charge on any atom is -0.380 e. The van der Waals surface area contributed by atoms with E-state index in [0.29, 0.717) is 5.92 Å². The fraction of sp³-hybridized carbons (Fsp3) is 1.00. The fourth-order valence-electron chi connectivity index (χ4n) is 2.06. The van der Waals surface area contributed by atoms with Crippen LogP contribution in [0.25, 0.3) is 0 Å². The van der Waals surface area contributed by atoms with Crippen molar-refractivity contribution >= 4 is 0 Å². The maximum Gasteiger partial charge on any atom is 0.0593 e. The van der Waals surface area contributed by atoms with Gasteiger partial charge < -0.3 is 10.1 Å². The first-order valence-electron chi connectivity index (χ1n) is 6.75. The Morgan fingerprint density at radius 2 is 2.19 bits per heavy atom. The van der Waals surface area contributed by atoms with Crippen molar-refractivity contribution in [1.82, 2.24) is 10.2 Å². The minimum absolute atomic E-state index is 0.648. The third kappa shape index (κ3) is 5.83. The molecular weight excluding hydrogens is 200 g/mol. The van der Waals surface area contributed by atoms with E-state index in [1.165, 1.54) is 25.9 Å². The van der Waals surface area contributed by atoms with Crippen molar-refractivity contribution in [2.75, 3.05) is 39.4 Å². The Morgan fingerprint density at radius 3 is 2.88 bits per heavy atom. The van der Waals surface area contributed by atoms with E-state index in [-0.39, 0.29) is 0 Å². The molecule has 0 aromatic carbocycles. The number of nitrogens with zero attached hydrogens (tertiary/aromatic N) is 1. The Bertz CT molecular complexity index is 173. The van der Waals surface area contributed by atoms with Gasteiger partial charge in [0.15, 0.2) is 0 Å². The van der Waals surface area contributed by atoms with Gasteiger partial charge >= 0.3 is 0 Å². The van der Waals surface area contributed by atoms with Gasteiger partial charge in [-0.15, -0.1) is 0 Å². The normalized spacial score (nSPS) is 23.6. The molecule has 3 nitrogen and oxygen atoms in total. The van der Waals surface area contributed by atoms with Gasteiger partial charge in [0.1, 0.15) is 0 Å². The van der Waals surface area contributed by atoms with Crippen molar-refractivity contribution in [2.24, 2.45) is 5.92 Å². The molecule has 0 aromatic heterocycles. The van der Waals surface area contributed by atoms with Crippen LogP contribution in [0.5, 0.6) is 0 Å². The second-order valence-electron chi connectivity index (χ2n) is 5.16. The highest BCUT2D eigenvalue weighted by Crippen LogP contribution is 2.04. The van der Waals surface area contributed by atoms with Gasteiger partial charge in [-0.05, 0) is 25.3 Å². The van der Waals surface area contributed by atoms with Crippen LogP contribution in [0, 0.1) is 5.92 Å². The van der Waals surface area contributed by atoms with E-state index in [0.717, 1.165) is 32.3 Å². The minimum atomic E-state index is 0.648. The van der Waals surface area contributed by atoms with Crippen molar-refractivity contribution in [2.45, 2.75) is 39.7 Å². The summed E-state index contributed by atoms with van der Waals surface area (Å²) in [5.74, 6) is 0.648. The lowest BCUT2D eigenvalue weighted by molar-refractivity contribution is 0.0869. The van der Waals surface area contributed by atoms with Crippen molar-refractivity contribution in [3.63, 3.8) is 0 Å². The average molecular weight is 228 g/mol. The van der Waals surface area contributed by atoms with E-state index in [2.05, 4.69) is 31.0 Å². The molecule has 0 amide bonds. The predicted octanol–water partition coefficient (Wildman–Crippen LogP) is 1.73. The lowest BCUT2D eigenvalue weighted by atomic mass is 10.1. The molecule has 0 spiro atoms. The van der Waals surface area contributed by atoms with Gasteiger partial charge in [0.05, 0.1) is 6.61 Å². The maximum absolute atomic E-state index is 5.63. The molecule has 0 aliphatic carbocycles. The zero-order valence-corrected chi connectivity index (χ0v) is 11.2. The second kappa shape index (κ2) is 8.04. The molecule has 1 unspecified atom stereocenters. The first-order valence-corrected chi connectivity index (χ1v) is 6.75. The molecule has 1 aliphatic heterocycles. The number of hydrogen-bond acceptors (Lipinski definition) is 3. The van der Waals surface area contributed by atoms with E-state index < -0.39 is 0 Å². The van der Waals surface area contributed by atoms with Gasteiger partial charge in [-0.2, -0.15) is 0 Å². The van der Waals surface area contributed by atoms with E-state index >= 15 is 0 Å². The third-order valence-corrected chi connectivity index (χ3v) is 3.15. The van der Waals surface area contributed by atoms with Crippen LogP contribution in [0.15, 0.2) is 0 Å². The largest absolute Gasteiger partial charge is 0.380 e. The molecule has 0 bridgehead atoms. The molecule has 1 atom stereocenters. The predicted molar refractivity (Wildman–Crippen MR) is 68.8 cm³/mol. The van der Waals surface area contributed by atoms with Crippen molar-refractivity contribution in [3.8, 4) is 0 Å². The standard InChI is InChI=1S/C13H28N2O/c1-4-13-5-7-15(8-6-14-13)9-10-16-11-12(2)3/h12-14H,4-11H2,1-3H3. The van der Waals surface area contributed by atoms with E-state index in [1.54, 1.807) is 0 Å². The molecule has 1 heterocycles. The summed E-state index contributed by atoms with van der Waals surface area (Å²) < 4.78 is 5.63. The molecule has 1 rings (SSSR count). The Kier molecular flexibility index (Phi) is 7.01. The monoisotopic (exact) mass is 228 g/mol. The van der Waals surface area contributed by atoms with Crippen LogP contribution in [0.4, 0.5) is 0 Å². The van der Waals surface area contributed by atoms with Crippen molar-refractivity contribution in [1.29, 1.82) is 0 Å². The molecule has 1 fully saturated rings. The highest BCUT2D eigenvalue weighted by molar-refractivity contribution is 4.73. The first-order chi connectivity index (χ1) is 7.72. The summed E-state index contributed by atoms with van der Waals surface area (Å²) in [5, 5.41) is 3.59. The topological polar surface area (TPSA) is 24.5 Å². The number of hydrogen-bond donors (Lipinski definition) is 1. The zero-order valence-electron chi connectivity index (χ0n) is 11.2. The molecule has 16 heavy (non-hydrogen) atoms. The Morgan fingerprint density at radius 1 is 1.38 bits per heavy atom. The first kappa shape index (κ1) is 13.9. The number of ether oxygens (including phenoxy) is 1. The summed E-state index contributed by atoms with van der Waals surface area (Å²) in [4.78, 5) is 2.52. The van der Waals surface area contributed by atoms with Crippen LogP contribution in [0.3, 0.4) is 0 Å². The fourth-order valence-corrected chi connectivity index (χ4v) is 2.06. The molecule has 1 N–H and O–H groups in total. The lowest BCUT2D eigenvalue weighted by Crippen LogP contribution is -2.32. The van der Waals surface area contributed by atoms with Crippen LogP contribution < -0.4 is 5.32 Å². The molecule has 3 heteroatoms. The van der Waals surface area contributed by atoms with Crippen LogP contribution >= 0.6 is 0 Å². The smallest absolute Gasteiger partial charge is 0.0593 e. The Hall–Kier alpha value is -0.120. The molecule has 1 saturated heterocycles. The highest BCUT2D eigenvalue weighted by atomic mass is 16.5. The van der Waals surface area contributed by atoms with E-state index in [1.807, 2.05) is 0 Å². The van der Waals surface area contributed by atoms with Gasteiger partial charge in [0, 0.05) is 32.3 Å². The summed E-state index contributed by atoms with van der Waals surface area (Å²) in [6.45, 7) is 13.0. The van der Waals surface area contributed by atoms with Gasteiger partial charge in [-0.1, -0.05) is 20.8 Å². The molecule has 0 aromatic rings. The number of nitrogens with one attached hydrogen (secondary N) is 1. The average Bonchev–Trinajstić information content (AvgIpc) is 2.49. The third-order valence-electron chi connectivity index (χ3n) is 3.15.